The van der Waals surface area contributed by atoms with E-state index in [1.807, 2.05) is 0 Å². The Morgan fingerprint density at radius 1 is 1.36 bits per heavy atom. The summed E-state index contributed by atoms with van der Waals surface area (Å²) >= 11 is 11.7. The summed E-state index contributed by atoms with van der Waals surface area (Å²) in [6, 6.07) is 5.08. The topological polar surface area (TPSA) is 58.0 Å². The van der Waals surface area contributed by atoms with Gasteiger partial charge in [0.25, 0.3) is 0 Å². The van der Waals surface area contributed by atoms with E-state index in [2.05, 4.69) is 10.0 Å². The molecular formula is C8H7Cl2N3O. The monoisotopic (exact) mass is 231 g/mol. The van der Waals surface area contributed by atoms with Crippen LogP contribution in [0, 0.1) is 0 Å². The number of hydrogen-bond donors (Lipinski definition) is 0. The van der Waals surface area contributed by atoms with E-state index in [0.29, 0.717) is 15.8 Å². The van der Waals surface area contributed by atoms with Gasteiger partial charge in [-0.05, 0) is 17.7 Å². The van der Waals surface area contributed by atoms with Crippen molar-refractivity contribution in [3.8, 4) is 5.75 Å². The van der Waals surface area contributed by atoms with Gasteiger partial charge in [0.1, 0.15) is 0 Å². The number of rotatable bonds is 4. The predicted molar refractivity (Wildman–Crippen MR) is 56.0 cm³/mol. The van der Waals surface area contributed by atoms with Gasteiger partial charge in [-0.25, -0.2) is 0 Å². The highest BCUT2D eigenvalue weighted by Crippen LogP contribution is 2.32. The minimum Gasteiger partial charge on any atom is -0.490 e. The summed E-state index contributed by atoms with van der Waals surface area (Å²) in [4.78, 5) is 2.59. The Bertz CT molecular complexity index is 343. The first-order chi connectivity index (χ1) is 6.75. The Kier molecular flexibility index (Phi) is 4.40. The van der Waals surface area contributed by atoms with Crippen molar-refractivity contribution in [3.05, 3.63) is 38.7 Å². The zero-order valence-corrected chi connectivity index (χ0v) is 8.66. The SMILES string of the molecule is [N-]=[N+]=NCCOc1c(Cl)cccc1Cl. The van der Waals surface area contributed by atoms with Crippen LogP contribution in [0.25, 0.3) is 10.4 Å². The average molecular weight is 232 g/mol. The summed E-state index contributed by atoms with van der Waals surface area (Å²) in [6.07, 6.45) is 0. The third-order valence-electron chi connectivity index (χ3n) is 1.42. The Balaban J connectivity index is 2.61. The maximum absolute atomic E-state index is 8.02. The van der Waals surface area contributed by atoms with Crippen molar-refractivity contribution in [2.75, 3.05) is 13.2 Å². The first-order valence-corrected chi connectivity index (χ1v) is 4.59. The molecule has 1 rings (SSSR count). The average Bonchev–Trinajstić information content (AvgIpc) is 2.16. The van der Waals surface area contributed by atoms with Crippen molar-refractivity contribution in [3.63, 3.8) is 0 Å². The largest absolute Gasteiger partial charge is 0.490 e. The number of azide groups is 1. The molecule has 0 atom stereocenters. The second-order valence-corrected chi connectivity index (χ2v) is 3.17. The molecule has 0 bridgehead atoms. The molecule has 0 aliphatic rings. The Morgan fingerprint density at radius 3 is 2.57 bits per heavy atom. The van der Waals surface area contributed by atoms with Crippen LogP contribution in [-0.2, 0) is 0 Å². The third-order valence-corrected chi connectivity index (χ3v) is 2.02. The van der Waals surface area contributed by atoms with Crippen LogP contribution in [0.3, 0.4) is 0 Å². The molecule has 0 saturated heterocycles. The van der Waals surface area contributed by atoms with E-state index in [1.165, 1.54) is 0 Å². The molecule has 14 heavy (non-hydrogen) atoms. The van der Waals surface area contributed by atoms with E-state index < -0.39 is 0 Å². The highest BCUT2D eigenvalue weighted by Gasteiger charge is 2.05. The summed E-state index contributed by atoms with van der Waals surface area (Å²) in [5.74, 6) is 0.420. The van der Waals surface area contributed by atoms with Gasteiger partial charge in [0.15, 0.2) is 5.75 Å². The number of ether oxygens (including phenoxy) is 1. The van der Waals surface area contributed by atoms with E-state index in [-0.39, 0.29) is 13.2 Å². The first kappa shape index (κ1) is 11.0. The molecule has 0 heterocycles. The highest BCUT2D eigenvalue weighted by molar-refractivity contribution is 6.37. The maximum Gasteiger partial charge on any atom is 0.156 e. The van der Waals surface area contributed by atoms with Crippen molar-refractivity contribution in [1.82, 2.24) is 0 Å². The fourth-order valence-corrected chi connectivity index (χ4v) is 1.36. The molecule has 0 saturated carbocycles. The zero-order valence-electron chi connectivity index (χ0n) is 7.15. The molecule has 0 N–H and O–H groups in total. The summed E-state index contributed by atoms with van der Waals surface area (Å²) < 4.78 is 5.24. The van der Waals surface area contributed by atoms with Crippen LogP contribution in [0.5, 0.6) is 5.75 Å². The Morgan fingerprint density at radius 2 is 2.00 bits per heavy atom. The quantitative estimate of drug-likeness (QED) is 0.338. The van der Waals surface area contributed by atoms with E-state index in [0.717, 1.165) is 0 Å². The minimum absolute atomic E-state index is 0.248. The second-order valence-electron chi connectivity index (χ2n) is 2.35. The lowest BCUT2D eigenvalue weighted by molar-refractivity contribution is 0.328. The van der Waals surface area contributed by atoms with Crippen LogP contribution in [0.2, 0.25) is 10.0 Å². The molecule has 4 nitrogen and oxygen atoms in total. The van der Waals surface area contributed by atoms with Gasteiger partial charge in [0.2, 0.25) is 0 Å². The standard InChI is InChI=1S/C8H7Cl2N3O/c9-6-2-1-3-7(10)8(6)14-5-4-12-13-11/h1-3H,4-5H2. The number of para-hydroxylation sites is 1. The lowest BCUT2D eigenvalue weighted by atomic mass is 10.3. The maximum atomic E-state index is 8.02. The van der Waals surface area contributed by atoms with Gasteiger partial charge in [-0.15, -0.1) is 0 Å². The number of benzene rings is 1. The molecular weight excluding hydrogens is 225 g/mol. The minimum atomic E-state index is 0.248. The molecule has 0 spiro atoms. The second kappa shape index (κ2) is 5.60. The van der Waals surface area contributed by atoms with Gasteiger partial charge in [-0.1, -0.05) is 34.4 Å². The molecule has 0 amide bonds. The lowest BCUT2D eigenvalue weighted by Gasteiger charge is -2.07. The van der Waals surface area contributed by atoms with Crippen LogP contribution in [0.4, 0.5) is 0 Å². The molecule has 0 unspecified atom stereocenters. The van der Waals surface area contributed by atoms with Gasteiger partial charge in [0.05, 0.1) is 23.2 Å². The first-order valence-electron chi connectivity index (χ1n) is 3.83. The molecule has 0 aromatic heterocycles. The van der Waals surface area contributed by atoms with Crippen molar-refractivity contribution in [1.29, 1.82) is 0 Å². The fraction of sp³-hybridized carbons (Fsp3) is 0.250. The predicted octanol–water partition coefficient (Wildman–Crippen LogP) is 3.68. The van der Waals surface area contributed by atoms with Crippen LogP contribution in [0.1, 0.15) is 0 Å². The highest BCUT2D eigenvalue weighted by atomic mass is 35.5. The molecule has 6 heteroatoms. The summed E-state index contributed by atoms with van der Waals surface area (Å²) in [6.45, 7) is 0.506. The molecule has 0 radical (unpaired) electrons. The third kappa shape index (κ3) is 3.00. The summed E-state index contributed by atoms with van der Waals surface area (Å²) in [7, 11) is 0. The van der Waals surface area contributed by atoms with E-state index >= 15 is 0 Å². The van der Waals surface area contributed by atoms with Gasteiger partial charge >= 0.3 is 0 Å². The van der Waals surface area contributed by atoms with Crippen molar-refractivity contribution >= 4 is 23.2 Å². The normalized spacial score (nSPS) is 9.29. The molecule has 1 aromatic rings. The van der Waals surface area contributed by atoms with Gasteiger partial charge in [0, 0.05) is 4.91 Å². The fourth-order valence-electron chi connectivity index (χ4n) is 0.854. The van der Waals surface area contributed by atoms with Crippen LogP contribution < -0.4 is 4.74 Å². The van der Waals surface area contributed by atoms with Crippen LogP contribution in [0.15, 0.2) is 23.3 Å². The number of halogens is 2. The van der Waals surface area contributed by atoms with Crippen LogP contribution in [-0.4, -0.2) is 13.2 Å². The number of hydrogen-bond acceptors (Lipinski definition) is 2. The number of nitrogens with zero attached hydrogens (tertiary/aromatic N) is 3. The van der Waals surface area contributed by atoms with E-state index in [1.54, 1.807) is 18.2 Å². The molecule has 74 valence electrons. The summed E-state index contributed by atoms with van der Waals surface area (Å²) in [5, 5.41) is 4.20. The summed E-state index contributed by atoms with van der Waals surface area (Å²) in [5.41, 5.74) is 8.02. The van der Waals surface area contributed by atoms with E-state index in [4.69, 9.17) is 33.5 Å². The molecule has 0 aliphatic heterocycles. The Hall–Kier alpha value is -1.09. The van der Waals surface area contributed by atoms with Crippen molar-refractivity contribution < 1.29 is 4.74 Å². The van der Waals surface area contributed by atoms with Gasteiger partial charge < -0.3 is 4.74 Å². The van der Waals surface area contributed by atoms with Crippen LogP contribution >= 0.6 is 23.2 Å². The lowest BCUT2D eigenvalue weighted by Crippen LogP contribution is -2.01. The van der Waals surface area contributed by atoms with Crippen molar-refractivity contribution in [2.45, 2.75) is 0 Å². The van der Waals surface area contributed by atoms with Crippen molar-refractivity contribution in [2.24, 2.45) is 5.11 Å². The van der Waals surface area contributed by atoms with Gasteiger partial charge in [-0.3, -0.25) is 0 Å². The smallest absolute Gasteiger partial charge is 0.156 e. The molecule has 1 aromatic carbocycles. The molecule has 0 aliphatic carbocycles. The van der Waals surface area contributed by atoms with Gasteiger partial charge in [-0.2, -0.15) is 0 Å². The molecule has 0 fully saturated rings. The Labute approximate surface area is 91.0 Å². The zero-order chi connectivity index (χ0) is 10.4. The van der Waals surface area contributed by atoms with E-state index in [9.17, 15) is 0 Å².